The summed E-state index contributed by atoms with van der Waals surface area (Å²) in [6.07, 6.45) is -2.21. The van der Waals surface area contributed by atoms with Gasteiger partial charge in [0.15, 0.2) is 0 Å². The Balaban J connectivity index is 2.68. The highest BCUT2D eigenvalue weighted by atomic mass is 16.3. The Morgan fingerprint density at radius 1 is 0.950 bits per heavy atom. The third kappa shape index (κ3) is 4.75. The molecule has 0 aromatic carbocycles. The summed E-state index contributed by atoms with van der Waals surface area (Å²) in [6, 6.07) is 0. The van der Waals surface area contributed by atoms with E-state index in [1.807, 2.05) is 0 Å². The molecule has 4 atom stereocenters. The molecule has 0 saturated carbocycles. The second-order valence-corrected chi connectivity index (χ2v) is 4.48. The first-order chi connectivity index (χ1) is 9.49. The summed E-state index contributed by atoms with van der Waals surface area (Å²) in [5.41, 5.74) is 0.301. The summed E-state index contributed by atoms with van der Waals surface area (Å²) >= 11 is 0. The summed E-state index contributed by atoms with van der Waals surface area (Å²) in [4.78, 5) is 7.77. The number of aliphatic hydroxyl groups excluding tert-OH is 6. The van der Waals surface area contributed by atoms with E-state index in [9.17, 15) is 20.4 Å². The van der Waals surface area contributed by atoms with Crippen molar-refractivity contribution in [1.82, 2.24) is 9.97 Å². The average Bonchev–Trinajstić information content (AvgIpc) is 2.46. The maximum atomic E-state index is 9.73. The van der Waals surface area contributed by atoms with Crippen LogP contribution in [0.15, 0.2) is 12.4 Å². The van der Waals surface area contributed by atoms with E-state index in [-0.39, 0.29) is 30.8 Å². The number of rotatable bonds is 8. The monoisotopic (exact) mass is 288 g/mol. The lowest BCUT2D eigenvalue weighted by Gasteiger charge is -2.17. The minimum atomic E-state index is -1.27. The van der Waals surface area contributed by atoms with E-state index in [0.29, 0.717) is 0 Å². The summed E-state index contributed by atoms with van der Waals surface area (Å²) in [5.74, 6) is 0. The normalized spacial score (nSPS) is 17.5. The van der Waals surface area contributed by atoms with Crippen LogP contribution in [-0.4, -0.2) is 66.0 Å². The second-order valence-electron chi connectivity index (χ2n) is 4.48. The predicted octanol–water partition coefficient (Wildman–Crippen LogP) is -1.97. The minimum absolute atomic E-state index is 0.00984. The van der Waals surface area contributed by atoms with Crippen molar-refractivity contribution in [3.05, 3.63) is 23.8 Å². The molecule has 1 aromatic heterocycles. The van der Waals surface area contributed by atoms with Gasteiger partial charge in [-0.1, -0.05) is 0 Å². The van der Waals surface area contributed by atoms with Crippen molar-refractivity contribution in [1.29, 1.82) is 0 Å². The van der Waals surface area contributed by atoms with Crippen LogP contribution in [-0.2, 0) is 0 Å². The Morgan fingerprint density at radius 2 is 1.55 bits per heavy atom. The predicted molar refractivity (Wildman–Crippen MR) is 67.4 cm³/mol. The Bertz CT molecular complexity index is 388. The molecule has 8 heteroatoms. The number of aliphatic hydroxyl groups is 6. The molecule has 0 amide bonds. The summed E-state index contributed by atoms with van der Waals surface area (Å²) in [7, 11) is 0. The average molecular weight is 288 g/mol. The number of hydrogen-bond donors (Lipinski definition) is 6. The molecule has 1 rings (SSSR count). The highest BCUT2D eigenvalue weighted by Crippen LogP contribution is 2.19. The van der Waals surface area contributed by atoms with Crippen molar-refractivity contribution in [2.75, 3.05) is 13.2 Å². The van der Waals surface area contributed by atoms with E-state index in [2.05, 4.69) is 9.97 Å². The smallest absolute Gasteiger partial charge is 0.123 e. The highest BCUT2D eigenvalue weighted by molar-refractivity contribution is 5.08. The first-order valence-electron chi connectivity index (χ1n) is 6.25. The fraction of sp³-hybridized carbons (Fsp3) is 0.667. The molecule has 1 heterocycles. The molecule has 6 N–H and O–H groups in total. The number of nitrogens with zero attached hydrogens (tertiary/aromatic N) is 2. The maximum absolute atomic E-state index is 9.73. The molecule has 114 valence electrons. The van der Waals surface area contributed by atoms with Crippen LogP contribution < -0.4 is 0 Å². The molecule has 0 aliphatic carbocycles. The molecule has 0 saturated heterocycles. The van der Waals surface area contributed by atoms with Crippen molar-refractivity contribution in [3.63, 3.8) is 0 Å². The first-order valence-corrected chi connectivity index (χ1v) is 6.25. The van der Waals surface area contributed by atoms with Gasteiger partial charge in [0.05, 0.1) is 42.6 Å². The van der Waals surface area contributed by atoms with Crippen LogP contribution in [0.1, 0.15) is 36.4 Å². The third-order valence-electron chi connectivity index (χ3n) is 2.83. The van der Waals surface area contributed by atoms with Gasteiger partial charge in [-0.25, -0.2) is 0 Å². The second kappa shape index (κ2) is 8.20. The van der Waals surface area contributed by atoms with Crippen molar-refractivity contribution in [2.45, 2.75) is 37.3 Å². The Labute approximate surface area is 116 Å². The highest BCUT2D eigenvalue weighted by Gasteiger charge is 2.21. The Hall–Kier alpha value is -1.16. The molecule has 0 spiro atoms. The summed E-state index contributed by atoms with van der Waals surface area (Å²) in [5, 5.41) is 55.5. The van der Waals surface area contributed by atoms with Gasteiger partial charge in [0, 0.05) is 13.0 Å². The van der Waals surface area contributed by atoms with Gasteiger partial charge in [-0.3, -0.25) is 9.97 Å². The Morgan fingerprint density at radius 3 is 2.05 bits per heavy atom. The van der Waals surface area contributed by atoms with Crippen LogP contribution >= 0.6 is 0 Å². The molecule has 20 heavy (non-hydrogen) atoms. The van der Waals surface area contributed by atoms with Crippen LogP contribution in [0.3, 0.4) is 0 Å². The minimum Gasteiger partial charge on any atom is -0.396 e. The number of hydrogen-bond acceptors (Lipinski definition) is 8. The zero-order chi connectivity index (χ0) is 15.1. The van der Waals surface area contributed by atoms with Gasteiger partial charge >= 0.3 is 0 Å². The van der Waals surface area contributed by atoms with E-state index in [4.69, 9.17) is 10.2 Å². The largest absolute Gasteiger partial charge is 0.396 e. The standard InChI is InChI=1S/C12H20N2O6/c15-2-1-10(18)12(20)9-5-13-8(4-14-9)11(19)3-7(17)6-16/h4-5,7,10-12,15-20H,1-3,6H2/t7-,10-,11-,12+/m0/s1. The SMILES string of the molecule is OCC[C@H](O)[C@H](O)c1cnc([C@@H](O)C[C@H](O)CO)cn1. The Kier molecular flexibility index (Phi) is 6.93. The molecule has 0 radical (unpaired) electrons. The topological polar surface area (TPSA) is 147 Å². The molecule has 1 aromatic rings. The molecular formula is C12H20N2O6. The lowest BCUT2D eigenvalue weighted by atomic mass is 10.1. The quantitative estimate of drug-likeness (QED) is 0.323. The van der Waals surface area contributed by atoms with Crippen LogP contribution in [0.4, 0.5) is 0 Å². The van der Waals surface area contributed by atoms with Crippen molar-refractivity contribution in [3.8, 4) is 0 Å². The van der Waals surface area contributed by atoms with E-state index >= 15 is 0 Å². The maximum Gasteiger partial charge on any atom is 0.123 e. The molecule has 8 nitrogen and oxygen atoms in total. The van der Waals surface area contributed by atoms with Gasteiger partial charge in [0.2, 0.25) is 0 Å². The lowest BCUT2D eigenvalue weighted by Crippen LogP contribution is -2.21. The van der Waals surface area contributed by atoms with Gasteiger partial charge in [-0.15, -0.1) is 0 Å². The van der Waals surface area contributed by atoms with Crippen LogP contribution in [0, 0.1) is 0 Å². The molecule has 0 unspecified atom stereocenters. The van der Waals surface area contributed by atoms with Crippen molar-refractivity contribution >= 4 is 0 Å². The van der Waals surface area contributed by atoms with Crippen LogP contribution in [0.2, 0.25) is 0 Å². The fourth-order valence-electron chi connectivity index (χ4n) is 1.61. The zero-order valence-electron chi connectivity index (χ0n) is 10.9. The van der Waals surface area contributed by atoms with Gasteiger partial charge in [0.1, 0.15) is 12.2 Å². The zero-order valence-corrected chi connectivity index (χ0v) is 10.9. The van der Waals surface area contributed by atoms with Gasteiger partial charge in [0.25, 0.3) is 0 Å². The van der Waals surface area contributed by atoms with E-state index in [0.717, 1.165) is 0 Å². The third-order valence-corrected chi connectivity index (χ3v) is 2.83. The van der Waals surface area contributed by atoms with Crippen molar-refractivity contribution in [2.24, 2.45) is 0 Å². The lowest BCUT2D eigenvalue weighted by molar-refractivity contribution is 0.00153. The fourth-order valence-corrected chi connectivity index (χ4v) is 1.61. The number of aromatic nitrogens is 2. The molecule has 0 aliphatic heterocycles. The van der Waals surface area contributed by atoms with Gasteiger partial charge < -0.3 is 30.6 Å². The molecule has 0 fully saturated rings. The summed E-state index contributed by atoms with van der Waals surface area (Å²) in [6.45, 7) is -0.726. The molecule has 0 bridgehead atoms. The first kappa shape index (κ1) is 16.9. The van der Waals surface area contributed by atoms with Crippen LogP contribution in [0.5, 0.6) is 0 Å². The van der Waals surface area contributed by atoms with E-state index in [1.165, 1.54) is 12.4 Å². The van der Waals surface area contributed by atoms with Gasteiger partial charge in [-0.2, -0.15) is 0 Å². The molecule has 0 aliphatic rings. The molecular weight excluding hydrogens is 268 g/mol. The van der Waals surface area contributed by atoms with Crippen molar-refractivity contribution < 1.29 is 30.6 Å². The van der Waals surface area contributed by atoms with Crippen LogP contribution in [0.25, 0.3) is 0 Å². The van der Waals surface area contributed by atoms with E-state index < -0.39 is 31.0 Å². The summed E-state index contributed by atoms with van der Waals surface area (Å²) < 4.78 is 0. The van der Waals surface area contributed by atoms with E-state index in [1.54, 1.807) is 0 Å². The van der Waals surface area contributed by atoms with Gasteiger partial charge in [-0.05, 0) is 6.42 Å².